The van der Waals surface area contributed by atoms with Gasteiger partial charge >= 0.3 is 0 Å². The Morgan fingerprint density at radius 1 is 1.43 bits per heavy atom. The van der Waals surface area contributed by atoms with Gasteiger partial charge in [-0.1, -0.05) is 12.1 Å². The summed E-state index contributed by atoms with van der Waals surface area (Å²) in [7, 11) is 3.56. The molecular weight excluding hydrogens is 176 g/mol. The molecule has 0 saturated carbocycles. The highest BCUT2D eigenvalue weighted by Crippen LogP contribution is 2.18. The quantitative estimate of drug-likeness (QED) is 0.581. The van der Waals surface area contributed by atoms with Crippen LogP contribution in [0.15, 0.2) is 18.2 Å². The molecule has 0 aliphatic heterocycles. The van der Waals surface area contributed by atoms with Crippen molar-refractivity contribution < 1.29 is 4.74 Å². The maximum absolute atomic E-state index is 5.54. The molecule has 1 aromatic rings. The number of rotatable bonds is 4. The van der Waals surface area contributed by atoms with E-state index in [4.69, 9.17) is 10.6 Å². The third-order valence-corrected chi connectivity index (χ3v) is 2.21. The van der Waals surface area contributed by atoms with Crippen molar-refractivity contribution >= 4 is 0 Å². The van der Waals surface area contributed by atoms with Crippen LogP contribution in [0.4, 0.5) is 0 Å². The predicted octanol–water partition coefficient (Wildman–Crippen LogP) is 1.35. The van der Waals surface area contributed by atoms with E-state index in [0.717, 1.165) is 18.7 Å². The monoisotopic (exact) mass is 194 g/mol. The lowest BCUT2D eigenvalue weighted by atomic mass is 10.1. The molecular formula is C11H18N2O. The van der Waals surface area contributed by atoms with Crippen LogP contribution < -0.4 is 10.6 Å². The molecule has 3 heteroatoms. The highest BCUT2D eigenvalue weighted by molar-refractivity contribution is 5.36. The lowest BCUT2D eigenvalue weighted by Crippen LogP contribution is -2.28. The number of nitrogens with two attached hydrogens (primary N) is 1. The zero-order valence-corrected chi connectivity index (χ0v) is 9.08. The zero-order chi connectivity index (χ0) is 10.6. The van der Waals surface area contributed by atoms with Crippen LogP contribution in [-0.4, -0.2) is 25.7 Å². The van der Waals surface area contributed by atoms with Gasteiger partial charge in [0.25, 0.3) is 0 Å². The molecule has 0 aliphatic carbocycles. The fraction of sp³-hybridized carbons (Fsp3) is 0.455. The third-order valence-electron chi connectivity index (χ3n) is 2.21. The minimum Gasteiger partial charge on any atom is -0.496 e. The van der Waals surface area contributed by atoms with E-state index in [1.54, 1.807) is 12.1 Å². The van der Waals surface area contributed by atoms with Crippen molar-refractivity contribution in [3.8, 4) is 5.75 Å². The number of benzene rings is 1. The Hall–Kier alpha value is -1.06. The van der Waals surface area contributed by atoms with Crippen molar-refractivity contribution in [3.05, 3.63) is 29.3 Å². The molecule has 0 unspecified atom stereocenters. The molecule has 0 amide bonds. The minimum absolute atomic E-state index is 0.867. The highest BCUT2D eigenvalue weighted by atomic mass is 16.5. The summed E-state index contributed by atoms with van der Waals surface area (Å²) in [6.45, 7) is 2.92. The van der Waals surface area contributed by atoms with Crippen molar-refractivity contribution in [1.82, 2.24) is 5.01 Å². The molecule has 0 heterocycles. The molecule has 1 rings (SSSR count). The molecule has 78 valence electrons. The maximum Gasteiger partial charge on any atom is 0.121 e. The molecule has 0 bridgehead atoms. The van der Waals surface area contributed by atoms with E-state index >= 15 is 0 Å². The zero-order valence-electron chi connectivity index (χ0n) is 9.08. The maximum atomic E-state index is 5.54. The first-order chi connectivity index (χ1) is 6.63. The summed E-state index contributed by atoms with van der Waals surface area (Å²) in [6, 6.07) is 6.22. The van der Waals surface area contributed by atoms with E-state index in [2.05, 4.69) is 19.1 Å². The van der Waals surface area contributed by atoms with Crippen LogP contribution in [-0.2, 0) is 6.42 Å². The van der Waals surface area contributed by atoms with Crippen LogP contribution in [0.2, 0.25) is 0 Å². The van der Waals surface area contributed by atoms with Gasteiger partial charge in [-0.25, -0.2) is 5.01 Å². The van der Waals surface area contributed by atoms with Crippen LogP contribution in [0.1, 0.15) is 11.1 Å². The summed E-state index contributed by atoms with van der Waals surface area (Å²) >= 11 is 0. The fourth-order valence-corrected chi connectivity index (χ4v) is 1.40. The van der Waals surface area contributed by atoms with E-state index in [9.17, 15) is 0 Å². The Bertz CT molecular complexity index is 297. The van der Waals surface area contributed by atoms with Gasteiger partial charge in [0.05, 0.1) is 7.11 Å². The summed E-state index contributed by atoms with van der Waals surface area (Å²) in [5.41, 5.74) is 2.46. The van der Waals surface area contributed by atoms with Crippen molar-refractivity contribution in [2.24, 2.45) is 5.84 Å². The van der Waals surface area contributed by atoms with Gasteiger partial charge in [-0.2, -0.15) is 0 Å². The molecule has 0 radical (unpaired) electrons. The second-order valence-corrected chi connectivity index (χ2v) is 3.53. The summed E-state index contributed by atoms with van der Waals surface area (Å²) < 4.78 is 5.19. The third kappa shape index (κ3) is 3.01. The van der Waals surface area contributed by atoms with E-state index in [1.807, 2.05) is 13.1 Å². The molecule has 2 N–H and O–H groups in total. The van der Waals surface area contributed by atoms with Crippen LogP contribution in [0.3, 0.4) is 0 Å². The largest absolute Gasteiger partial charge is 0.496 e. The molecule has 0 atom stereocenters. The van der Waals surface area contributed by atoms with E-state index in [0.29, 0.717) is 0 Å². The van der Waals surface area contributed by atoms with Crippen LogP contribution in [0, 0.1) is 6.92 Å². The van der Waals surface area contributed by atoms with Gasteiger partial charge in [-0.05, 0) is 30.5 Å². The Labute approximate surface area is 85.4 Å². The van der Waals surface area contributed by atoms with Gasteiger partial charge in [0.2, 0.25) is 0 Å². The predicted molar refractivity (Wildman–Crippen MR) is 58.3 cm³/mol. The van der Waals surface area contributed by atoms with Crippen molar-refractivity contribution in [1.29, 1.82) is 0 Å². The standard InChI is InChI=1S/C11H18N2O/c1-9-8-10(6-7-13(2)12)4-5-11(9)14-3/h4-5,8H,6-7,12H2,1-3H3. The number of nitrogens with zero attached hydrogens (tertiary/aromatic N) is 1. The molecule has 0 spiro atoms. The Morgan fingerprint density at radius 3 is 2.64 bits per heavy atom. The Balaban J connectivity index is 2.66. The second-order valence-electron chi connectivity index (χ2n) is 3.53. The molecule has 14 heavy (non-hydrogen) atoms. The van der Waals surface area contributed by atoms with Gasteiger partial charge in [-0.3, -0.25) is 5.84 Å². The summed E-state index contributed by atoms with van der Waals surface area (Å²) in [5, 5.41) is 1.69. The number of hydrazine groups is 1. The Morgan fingerprint density at radius 2 is 2.14 bits per heavy atom. The fourth-order valence-electron chi connectivity index (χ4n) is 1.40. The number of likely N-dealkylation sites (N-methyl/N-ethyl adjacent to an activating group) is 1. The number of aryl methyl sites for hydroxylation is 1. The summed E-state index contributed by atoms with van der Waals surface area (Å²) in [6.07, 6.45) is 0.970. The van der Waals surface area contributed by atoms with Crippen molar-refractivity contribution in [2.75, 3.05) is 20.7 Å². The molecule has 0 fully saturated rings. The molecule has 0 saturated heterocycles. The Kier molecular flexibility index (Phi) is 3.92. The summed E-state index contributed by atoms with van der Waals surface area (Å²) in [5.74, 6) is 6.48. The molecule has 0 aromatic heterocycles. The second kappa shape index (κ2) is 4.98. The molecule has 0 aliphatic rings. The normalized spacial score (nSPS) is 10.6. The number of ether oxygens (including phenoxy) is 1. The number of methoxy groups -OCH3 is 1. The smallest absolute Gasteiger partial charge is 0.121 e. The van der Waals surface area contributed by atoms with E-state index in [-0.39, 0.29) is 0 Å². The first-order valence-corrected chi connectivity index (χ1v) is 4.73. The van der Waals surface area contributed by atoms with Crippen LogP contribution in [0.25, 0.3) is 0 Å². The van der Waals surface area contributed by atoms with Gasteiger partial charge < -0.3 is 4.74 Å². The van der Waals surface area contributed by atoms with Gasteiger partial charge in [0.15, 0.2) is 0 Å². The first kappa shape index (κ1) is 11.0. The van der Waals surface area contributed by atoms with Gasteiger partial charge in [-0.15, -0.1) is 0 Å². The SMILES string of the molecule is COc1ccc(CCN(C)N)cc1C. The van der Waals surface area contributed by atoms with Gasteiger partial charge in [0, 0.05) is 13.6 Å². The average Bonchev–Trinajstić information content (AvgIpc) is 2.15. The molecule has 1 aromatic carbocycles. The van der Waals surface area contributed by atoms with Gasteiger partial charge in [0.1, 0.15) is 5.75 Å². The lowest BCUT2D eigenvalue weighted by Gasteiger charge is -2.10. The lowest BCUT2D eigenvalue weighted by molar-refractivity contribution is 0.353. The molecule has 3 nitrogen and oxygen atoms in total. The summed E-state index contributed by atoms with van der Waals surface area (Å²) in [4.78, 5) is 0. The van der Waals surface area contributed by atoms with Crippen LogP contribution >= 0.6 is 0 Å². The first-order valence-electron chi connectivity index (χ1n) is 4.73. The van der Waals surface area contributed by atoms with Crippen LogP contribution in [0.5, 0.6) is 5.75 Å². The number of hydrogen-bond acceptors (Lipinski definition) is 3. The minimum atomic E-state index is 0.867. The topological polar surface area (TPSA) is 38.5 Å². The average molecular weight is 194 g/mol. The van der Waals surface area contributed by atoms with E-state index in [1.165, 1.54) is 11.1 Å². The van der Waals surface area contributed by atoms with E-state index < -0.39 is 0 Å². The highest BCUT2D eigenvalue weighted by Gasteiger charge is 2.00. The number of hydrogen-bond donors (Lipinski definition) is 1. The van der Waals surface area contributed by atoms with Crippen molar-refractivity contribution in [2.45, 2.75) is 13.3 Å². The van der Waals surface area contributed by atoms with Crippen molar-refractivity contribution in [3.63, 3.8) is 0 Å².